The molecule has 3 N–H and O–H groups in total. The Bertz CT molecular complexity index is 590. The summed E-state index contributed by atoms with van der Waals surface area (Å²) in [5, 5.41) is 10.1. The van der Waals surface area contributed by atoms with E-state index in [1.165, 1.54) is 28.2 Å². The predicted molar refractivity (Wildman–Crippen MR) is 84.5 cm³/mol. The maximum absolute atomic E-state index is 12.2. The van der Waals surface area contributed by atoms with Crippen LogP contribution in [0.5, 0.6) is 0 Å². The number of aliphatic hydroxyl groups is 1. The molecule has 22 heavy (non-hydrogen) atoms. The predicted octanol–water partition coefficient (Wildman–Crippen LogP) is 1.94. The van der Waals surface area contributed by atoms with Gasteiger partial charge in [-0.2, -0.15) is 0 Å². The van der Waals surface area contributed by atoms with Crippen LogP contribution in [0.3, 0.4) is 0 Å². The molecular formula is C16H22N2O3S. The second-order valence-electron chi connectivity index (χ2n) is 6.55. The van der Waals surface area contributed by atoms with Gasteiger partial charge in [-0.15, -0.1) is 11.3 Å². The van der Waals surface area contributed by atoms with Crippen molar-refractivity contribution in [3.05, 3.63) is 21.4 Å². The topological polar surface area (TPSA) is 78.4 Å². The number of carbonyl (C=O) groups is 2. The number of thiophene rings is 1. The molecule has 1 heterocycles. The molecule has 0 aliphatic heterocycles. The summed E-state index contributed by atoms with van der Waals surface area (Å²) in [7, 11) is 0. The van der Waals surface area contributed by atoms with Crippen molar-refractivity contribution in [1.82, 2.24) is 10.9 Å². The molecule has 2 aliphatic carbocycles. The molecular weight excluding hydrogens is 300 g/mol. The molecule has 120 valence electrons. The van der Waals surface area contributed by atoms with E-state index in [4.69, 9.17) is 0 Å². The van der Waals surface area contributed by atoms with E-state index < -0.39 is 11.5 Å². The summed E-state index contributed by atoms with van der Waals surface area (Å²) in [5.41, 5.74) is 4.74. The van der Waals surface area contributed by atoms with Gasteiger partial charge in [-0.1, -0.05) is 6.92 Å². The van der Waals surface area contributed by atoms with Crippen molar-refractivity contribution in [2.45, 2.75) is 57.5 Å². The van der Waals surface area contributed by atoms with Crippen molar-refractivity contribution in [1.29, 1.82) is 0 Å². The van der Waals surface area contributed by atoms with Gasteiger partial charge in [-0.05, 0) is 62.5 Å². The Labute approximate surface area is 134 Å². The maximum atomic E-state index is 12.2. The molecule has 3 rings (SSSR count). The van der Waals surface area contributed by atoms with Gasteiger partial charge in [0.2, 0.25) is 0 Å². The first-order chi connectivity index (χ1) is 10.5. The molecule has 1 aromatic rings. The van der Waals surface area contributed by atoms with E-state index in [9.17, 15) is 14.7 Å². The minimum Gasteiger partial charge on any atom is -0.380 e. The minimum atomic E-state index is -1.32. The first-order valence-electron chi connectivity index (χ1n) is 7.93. The third kappa shape index (κ3) is 3.03. The first-order valence-corrected chi connectivity index (χ1v) is 8.74. The zero-order valence-electron chi connectivity index (χ0n) is 12.8. The van der Waals surface area contributed by atoms with Gasteiger partial charge in [0, 0.05) is 4.88 Å². The Balaban J connectivity index is 1.59. The Morgan fingerprint density at radius 2 is 2.05 bits per heavy atom. The third-order valence-electron chi connectivity index (χ3n) is 4.70. The first kappa shape index (κ1) is 15.5. The average Bonchev–Trinajstić information content (AvgIpc) is 3.11. The van der Waals surface area contributed by atoms with E-state index in [0.29, 0.717) is 23.6 Å². The van der Waals surface area contributed by atoms with Crippen molar-refractivity contribution < 1.29 is 14.7 Å². The summed E-state index contributed by atoms with van der Waals surface area (Å²) in [5.74, 6) is -0.149. The molecule has 0 saturated heterocycles. The summed E-state index contributed by atoms with van der Waals surface area (Å²) in [4.78, 5) is 26.0. The van der Waals surface area contributed by atoms with Gasteiger partial charge in [0.25, 0.3) is 11.8 Å². The van der Waals surface area contributed by atoms with Crippen LogP contribution in [0.15, 0.2) is 6.07 Å². The number of amides is 2. The van der Waals surface area contributed by atoms with Crippen molar-refractivity contribution in [3.63, 3.8) is 0 Å². The molecule has 0 radical (unpaired) electrons. The van der Waals surface area contributed by atoms with Gasteiger partial charge in [-0.3, -0.25) is 20.4 Å². The second-order valence-corrected chi connectivity index (χ2v) is 7.69. The molecule has 0 aromatic carbocycles. The van der Waals surface area contributed by atoms with Crippen molar-refractivity contribution in [3.8, 4) is 0 Å². The summed E-state index contributed by atoms with van der Waals surface area (Å²) < 4.78 is 0. The second kappa shape index (κ2) is 6.01. The van der Waals surface area contributed by atoms with Gasteiger partial charge in [0.05, 0.1) is 4.88 Å². The van der Waals surface area contributed by atoms with Gasteiger partial charge < -0.3 is 5.11 Å². The summed E-state index contributed by atoms with van der Waals surface area (Å²) >= 11 is 1.50. The van der Waals surface area contributed by atoms with Crippen LogP contribution in [0.25, 0.3) is 0 Å². The normalized spacial score (nSPS) is 22.9. The Morgan fingerprint density at radius 1 is 1.32 bits per heavy atom. The zero-order chi connectivity index (χ0) is 15.7. The lowest BCUT2D eigenvalue weighted by molar-refractivity contribution is -0.139. The van der Waals surface area contributed by atoms with E-state index in [0.717, 1.165) is 25.7 Å². The van der Waals surface area contributed by atoms with Crippen molar-refractivity contribution in [2.24, 2.45) is 5.92 Å². The molecule has 0 bridgehead atoms. The van der Waals surface area contributed by atoms with Gasteiger partial charge in [-0.25, -0.2) is 0 Å². The lowest BCUT2D eigenvalue weighted by Gasteiger charge is -2.20. The summed E-state index contributed by atoms with van der Waals surface area (Å²) in [6, 6.07) is 1.93. The molecule has 1 unspecified atom stereocenters. The number of aryl methyl sites for hydroxylation is 1. The van der Waals surface area contributed by atoms with Crippen LogP contribution in [-0.4, -0.2) is 22.5 Å². The van der Waals surface area contributed by atoms with Crippen LogP contribution < -0.4 is 10.9 Å². The fourth-order valence-corrected chi connectivity index (χ4v) is 4.40. The standard InChI is InChI=1S/C16H22N2O3S/c1-10-4-5-12-11(8-10)9-13(22-12)14(19)17-18-15(20)16(21)6-2-3-7-16/h9-10,21H,2-8H2,1H3,(H,17,19)(H,18,20). The highest BCUT2D eigenvalue weighted by atomic mass is 32.1. The Hall–Kier alpha value is -1.40. The van der Waals surface area contributed by atoms with E-state index in [2.05, 4.69) is 17.8 Å². The van der Waals surface area contributed by atoms with Crippen LogP contribution in [0.2, 0.25) is 0 Å². The van der Waals surface area contributed by atoms with Crippen molar-refractivity contribution >= 4 is 23.2 Å². The van der Waals surface area contributed by atoms with E-state index in [1.807, 2.05) is 6.07 Å². The number of fused-ring (bicyclic) bond motifs is 1. The monoisotopic (exact) mass is 322 g/mol. The molecule has 2 aliphatic rings. The average molecular weight is 322 g/mol. The molecule has 0 spiro atoms. The fraction of sp³-hybridized carbons (Fsp3) is 0.625. The number of rotatable bonds is 2. The summed E-state index contributed by atoms with van der Waals surface area (Å²) in [6.45, 7) is 2.23. The van der Waals surface area contributed by atoms with Gasteiger partial charge in [0.1, 0.15) is 5.60 Å². The van der Waals surface area contributed by atoms with Crippen LogP contribution in [0, 0.1) is 5.92 Å². The Kier molecular flexibility index (Phi) is 4.23. The zero-order valence-corrected chi connectivity index (χ0v) is 13.6. The molecule has 1 saturated carbocycles. The number of hydrogen-bond donors (Lipinski definition) is 3. The molecule has 1 fully saturated rings. The maximum Gasteiger partial charge on any atom is 0.279 e. The quantitative estimate of drug-likeness (QED) is 0.728. The fourth-order valence-electron chi connectivity index (χ4n) is 3.30. The molecule has 1 aromatic heterocycles. The lowest BCUT2D eigenvalue weighted by atomic mass is 9.90. The Morgan fingerprint density at radius 3 is 2.77 bits per heavy atom. The smallest absolute Gasteiger partial charge is 0.279 e. The number of hydrazine groups is 1. The molecule has 1 atom stereocenters. The highest BCUT2D eigenvalue weighted by Crippen LogP contribution is 2.32. The van der Waals surface area contributed by atoms with Crippen LogP contribution in [-0.2, 0) is 17.6 Å². The molecule has 6 heteroatoms. The highest BCUT2D eigenvalue weighted by molar-refractivity contribution is 7.14. The molecule has 2 amide bonds. The van der Waals surface area contributed by atoms with Crippen LogP contribution in [0.4, 0.5) is 0 Å². The summed E-state index contributed by atoms with van der Waals surface area (Å²) in [6.07, 6.45) is 5.81. The van der Waals surface area contributed by atoms with Gasteiger partial charge >= 0.3 is 0 Å². The van der Waals surface area contributed by atoms with Crippen LogP contribution in [0.1, 0.15) is 59.1 Å². The van der Waals surface area contributed by atoms with Crippen LogP contribution >= 0.6 is 11.3 Å². The number of hydrogen-bond acceptors (Lipinski definition) is 4. The van der Waals surface area contributed by atoms with E-state index in [-0.39, 0.29) is 5.91 Å². The SMILES string of the molecule is CC1CCc2sc(C(=O)NNC(=O)C3(O)CCCC3)cc2C1. The largest absolute Gasteiger partial charge is 0.380 e. The van der Waals surface area contributed by atoms with E-state index in [1.54, 1.807) is 0 Å². The minimum absolute atomic E-state index is 0.304. The third-order valence-corrected chi connectivity index (χ3v) is 5.93. The lowest BCUT2D eigenvalue weighted by Crippen LogP contribution is -2.51. The van der Waals surface area contributed by atoms with Crippen molar-refractivity contribution in [2.75, 3.05) is 0 Å². The highest BCUT2D eigenvalue weighted by Gasteiger charge is 2.39. The van der Waals surface area contributed by atoms with E-state index >= 15 is 0 Å². The van der Waals surface area contributed by atoms with Gasteiger partial charge in [0.15, 0.2) is 0 Å². The molecule has 5 nitrogen and oxygen atoms in total. The number of nitrogens with one attached hydrogen (secondary N) is 2. The number of carbonyl (C=O) groups excluding carboxylic acids is 2.